The van der Waals surface area contributed by atoms with E-state index in [1.165, 1.54) is 5.56 Å². The Morgan fingerprint density at radius 1 is 0.875 bits per heavy atom. The SMILES string of the molecule is CC(C)C#Cc1ccc(C(C)C(C)C)cc1. The number of hydrogen-bond acceptors (Lipinski definition) is 0. The molecule has 86 valence electrons. The van der Waals surface area contributed by atoms with Gasteiger partial charge in [-0.15, -0.1) is 0 Å². The molecule has 0 saturated heterocycles. The summed E-state index contributed by atoms with van der Waals surface area (Å²) < 4.78 is 0. The van der Waals surface area contributed by atoms with E-state index >= 15 is 0 Å². The highest BCUT2D eigenvalue weighted by atomic mass is 14.1. The molecule has 16 heavy (non-hydrogen) atoms. The lowest BCUT2D eigenvalue weighted by Gasteiger charge is -2.15. The molecule has 0 aliphatic rings. The standard InChI is InChI=1S/C16H22/c1-12(2)6-7-15-8-10-16(11-9-15)14(5)13(3)4/h8-14H,1-5H3. The van der Waals surface area contributed by atoms with Crippen LogP contribution in [0.15, 0.2) is 24.3 Å². The highest BCUT2D eigenvalue weighted by molar-refractivity contribution is 5.37. The maximum atomic E-state index is 3.19. The van der Waals surface area contributed by atoms with E-state index in [9.17, 15) is 0 Å². The summed E-state index contributed by atoms with van der Waals surface area (Å²) in [5.74, 6) is 8.12. The van der Waals surface area contributed by atoms with Crippen molar-refractivity contribution < 1.29 is 0 Å². The van der Waals surface area contributed by atoms with Crippen molar-refractivity contribution in [2.45, 2.75) is 40.5 Å². The Bertz CT molecular complexity index is 371. The molecule has 0 spiro atoms. The molecule has 0 N–H and O–H groups in total. The van der Waals surface area contributed by atoms with Crippen LogP contribution in [0.2, 0.25) is 0 Å². The molecule has 0 saturated carbocycles. The third-order valence-corrected chi connectivity index (χ3v) is 2.94. The van der Waals surface area contributed by atoms with E-state index < -0.39 is 0 Å². The first kappa shape index (κ1) is 12.8. The van der Waals surface area contributed by atoms with Gasteiger partial charge in [-0.3, -0.25) is 0 Å². The van der Waals surface area contributed by atoms with Crippen LogP contribution < -0.4 is 0 Å². The van der Waals surface area contributed by atoms with E-state index in [0.717, 1.165) is 5.56 Å². The molecule has 1 unspecified atom stereocenters. The maximum Gasteiger partial charge on any atom is 0.0245 e. The van der Waals surface area contributed by atoms with Crippen LogP contribution in [0.4, 0.5) is 0 Å². The van der Waals surface area contributed by atoms with Crippen molar-refractivity contribution in [3.63, 3.8) is 0 Å². The van der Waals surface area contributed by atoms with Crippen LogP contribution in [0.3, 0.4) is 0 Å². The zero-order valence-electron chi connectivity index (χ0n) is 11.0. The van der Waals surface area contributed by atoms with Crippen LogP contribution in [-0.4, -0.2) is 0 Å². The summed E-state index contributed by atoms with van der Waals surface area (Å²) in [7, 11) is 0. The first-order chi connectivity index (χ1) is 7.50. The molecule has 0 amide bonds. The Morgan fingerprint density at radius 2 is 1.44 bits per heavy atom. The van der Waals surface area contributed by atoms with E-state index in [2.05, 4.69) is 70.7 Å². The first-order valence-electron chi connectivity index (χ1n) is 6.12. The molecule has 0 fully saturated rings. The minimum Gasteiger partial charge on any atom is -0.0951 e. The molecular formula is C16H22. The number of benzene rings is 1. The average molecular weight is 214 g/mol. The molecule has 1 aromatic carbocycles. The van der Waals surface area contributed by atoms with Gasteiger partial charge in [-0.2, -0.15) is 0 Å². The van der Waals surface area contributed by atoms with Crippen molar-refractivity contribution in [1.29, 1.82) is 0 Å². The average Bonchev–Trinajstić information content (AvgIpc) is 2.26. The third-order valence-electron chi connectivity index (χ3n) is 2.94. The monoisotopic (exact) mass is 214 g/mol. The second-order valence-corrected chi connectivity index (χ2v) is 5.08. The van der Waals surface area contributed by atoms with Gasteiger partial charge >= 0.3 is 0 Å². The topological polar surface area (TPSA) is 0 Å². The molecule has 0 aliphatic heterocycles. The van der Waals surface area contributed by atoms with Crippen molar-refractivity contribution in [3.8, 4) is 11.8 Å². The molecule has 1 atom stereocenters. The molecule has 0 aliphatic carbocycles. The molecule has 0 aromatic heterocycles. The maximum absolute atomic E-state index is 3.19. The van der Waals surface area contributed by atoms with Gasteiger partial charge in [0.05, 0.1) is 0 Å². The lowest BCUT2D eigenvalue weighted by molar-refractivity contribution is 0.535. The van der Waals surface area contributed by atoms with E-state index in [1.807, 2.05) is 0 Å². The summed E-state index contributed by atoms with van der Waals surface area (Å²) in [5.41, 5.74) is 2.53. The van der Waals surface area contributed by atoms with Gasteiger partial charge in [-0.1, -0.05) is 58.6 Å². The Balaban J connectivity index is 2.80. The zero-order valence-corrected chi connectivity index (χ0v) is 11.0. The van der Waals surface area contributed by atoms with Crippen molar-refractivity contribution in [2.75, 3.05) is 0 Å². The fourth-order valence-corrected chi connectivity index (χ4v) is 1.48. The highest BCUT2D eigenvalue weighted by Gasteiger charge is 2.08. The largest absolute Gasteiger partial charge is 0.0951 e. The Hall–Kier alpha value is -1.22. The fraction of sp³-hybridized carbons (Fsp3) is 0.500. The zero-order chi connectivity index (χ0) is 12.1. The summed E-state index contributed by atoms with van der Waals surface area (Å²) in [5, 5.41) is 0. The molecule has 1 aromatic rings. The lowest BCUT2D eigenvalue weighted by atomic mass is 9.90. The van der Waals surface area contributed by atoms with Crippen molar-refractivity contribution >= 4 is 0 Å². The van der Waals surface area contributed by atoms with Gasteiger partial charge in [0, 0.05) is 11.5 Å². The normalized spacial score (nSPS) is 12.4. The molecule has 0 radical (unpaired) electrons. The molecule has 0 heterocycles. The van der Waals surface area contributed by atoms with Crippen LogP contribution in [0.1, 0.15) is 51.7 Å². The van der Waals surface area contributed by atoms with Crippen LogP contribution in [0, 0.1) is 23.7 Å². The first-order valence-corrected chi connectivity index (χ1v) is 6.12. The summed E-state index contributed by atoms with van der Waals surface area (Å²) in [6, 6.07) is 8.66. The number of rotatable bonds is 2. The van der Waals surface area contributed by atoms with Crippen LogP contribution in [0.5, 0.6) is 0 Å². The van der Waals surface area contributed by atoms with E-state index in [0.29, 0.717) is 17.8 Å². The van der Waals surface area contributed by atoms with Gasteiger partial charge in [0.15, 0.2) is 0 Å². The second-order valence-electron chi connectivity index (χ2n) is 5.08. The smallest absolute Gasteiger partial charge is 0.0245 e. The van der Waals surface area contributed by atoms with Gasteiger partial charge < -0.3 is 0 Å². The van der Waals surface area contributed by atoms with Gasteiger partial charge in [-0.25, -0.2) is 0 Å². The van der Waals surface area contributed by atoms with Gasteiger partial charge in [0.25, 0.3) is 0 Å². The summed E-state index contributed by atoms with van der Waals surface area (Å²) in [6.45, 7) is 11.0. The lowest BCUT2D eigenvalue weighted by Crippen LogP contribution is -2.01. The van der Waals surface area contributed by atoms with Gasteiger partial charge in [-0.05, 0) is 29.5 Å². The summed E-state index contributed by atoms with van der Waals surface area (Å²) in [6.07, 6.45) is 0. The fourth-order valence-electron chi connectivity index (χ4n) is 1.48. The van der Waals surface area contributed by atoms with Crippen molar-refractivity contribution in [2.24, 2.45) is 11.8 Å². The molecular weight excluding hydrogens is 192 g/mol. The van der Waals surface area contributed by atoms with Crippen LogP contribution in [0.25, 0.3) is 0 Å². The van der Waals surface area contributed by atoms with Crippen molar-refractivity contribution in [3.05, 3.63) is 35.4 Å². The predicted octanol–water partition coefficient (Wildman–Crippen LogP) is 4.45. The van der Waals surface area contributed by atoms with E-state index in [1.54, 1.807) is 0 Å². The molecule has 1 rings (SSSR count). The van der Waals surface area contributed by atoms with Gasteiger partial charge in [0.1, 0.15) is 0 Å². The van der Waals surface area contributed by atoms with Crippen LogP contribution in [-0.2, 0) is 0 Å². The Labute approximate surface area is 100 Å². The van der Waals surface area contributed by atoms with E-state index in [-0.39, 0.29) is 0 Å². The minimum absolute atomic E-state index is 0.439. The molecule has 0 bridgehead atoms. The summed E-state index contributed by atoms with van der Waals surface area (Å²) >= 11 is 0. The quantitative estimate of drug-likeness (QED) is 0.638. The van der Waals surface area contributed by atoms with Crippen molar-refractivity contribution in [1.82, 2.24) is 0 Å². The molecule has 0 nitrogen and oxygen atoms in total. The molecule has 0 heteroatoms. The van der Waals surface area contributed by atoms with E-state index in [4.69, 9.17) is 0 Å². The Kier molecular flexibility index (Phi) is 4.62. The summed E-state index contributed by atoms with van der Waals surface area (Å²) in [4.78, 5) is 0. The second kappa shape index (κ2) is 5.75. The number of hydrogen-bond donors (Lipinski definition) is 0. The van der Waals surface area contributed by atoms with Crippen LogP contribution >= 0.6 is 0 Å². The minimum atomic E-state index is 0.439. The highest BCUT2D eigenvalue weighted by Crippen LogP contribution is 2.23. The third kappa shape index (κ3) is 3.74. The predicted molar refractivity (Wildman–Crippen MR) is 71.4 cm³/mol. The Morgan fingerprint density at radius 3 is 1.88 bits per heavy atom. The van der Waals surface area contributed by atoms with Gasteiger partial charge in [0.2, 0.25) is 0 Å².